The van der Waals surface area contributed by atoms with Gasteiger partial charge in [-0.15, -0.1) is 0 Å². The van der Waals surface area contributed by atoms with Crippen molar-refractivity contribution in [2.24, 2.45) is 0 Å². The molecular formula is C25H30O6. The zero-order chi connectivity index (χ0) is 22.1. The molecule has 0 aliphatic carbocycles. The third-order valence-electron chi connectivity index (χ3n) is 5.21. The van der Waals surface area contributed by atoms with Gasteiger partial charge in [0.1, 0.15) is 6.10 Å². The number of ether oxygens (including phenoxy) is 4. The number of hydrogen-bond donors (Lipinski definition) is 0. The molecule has 0 amide bonds. The molecule has 0 fully saturated rings. The van der Waals surface area contributed by atoms with Gasteiger partial charge in [0.15, 0.2) is 11.5 Å². The second kappa shape index (κ2) is 11.4. The van der Waals surface area contributed by atoms with Crippen molar-refractivity contribution in [1.29, 1.82) is 0 Å². The van der Waals surface area contributed by atoms with E-state index in [1.165, 1.54) is 12.5 Å². The van der Waals surface area contributed by atoms with E-state index < -0.39 is 0 Å². The first-order valence-corrected chi connectivity index (χ1v) is 10.9. The van der Waals surface area contributed by atoms with Crippen molar-refractivity contribution in [1.82, 2.24) is 0 Å². The Morgan fingerprint density at radius 1 is 1.03 bits per heavy atom. The molecule has 1 heterocycles. The van der Waals surface area contributed by atoms with E-state index in [0.29, 0.717) is 30.9 Å². The predicted octanol–water partition coefficient (Wildman–Crippen LogP) is 4.93. The minimum absolute atomic E-state index is 0.172. The average molecular weight is 427 g/mol. The minimum atomic E-state index is -0.382. The van der Waals surface area contributed by atoms with Crippen molar-refractivity contribution in [2.75, 3.05) is 13.4 Å². The normalized spacial score (nSPS) is 13.0. The largest absolute Gasteiger partial charge is 0.466 e. The highest BCUT2D eigenvalue weighted by molar-refractivity contribution is 5.69. The van der Waals surface area contributed by atoms with Gasteiger partial charge >= 0.3 is 11.9 Å². The maximum absolute atomic E-state index is 11.9. The fraction of sp³-hybridized carbons (Fsp3) is 0.440. The van der Waals surface area contributed by atoms with Crippen LogP contribution >= 0.6 is 0 Å². The van der Waals surface area contributed by atoms with Crippen molar-refractivity contribution < 1.29 is 28.5 Å². The highest BCUT2D eigenvalue weighted by atomic mass is 16.7. The van der Waals surface area contributed by atoms with Crippen LogP contribution in [0.1, 0.15) is 62.3 Å². The Balaban J connectivity index is 1.76. The zero-order valence-electron chi connectivity index (χ0n) is 18.2. The van der Waals surface area contributed by atoms with E-state index in [2.05, 4.69) is 12.1 Å². The molecule has 1 atom stereocenters. The zero-order valence-corrected chi connectivity index (χ0v) is 18.2. The Morgan fingerprint density at radius 2 is 1.77 bits per heavy atom. The summed E-state index contributed by atoms with van der Waals surface area (Å²) in [4.78, 5) is 23.5. The molecule has 0 N–H and O–H groups in total. The van der Waals surface area contributed by atoms with Crippen molar-refractivity contribution in [3.63, 3.8) is 0 Å². The molecule has 0 spiro atoms. The molecule has 0 saturated carbocycles. The maximum atomic E-state index is 11.9. The van der Waals surface area contributed by atoms with Gasteiger partial charge in [0.25, 0.3) is 0 Å². The monoisotopic (exact) mass is 426 g/mol. The Kier molecular flexibility index (Phi) is 8.33. The molecule has 6 nitrogen and oxygen atoms in total. The quantitative estimate of drug-likeness (QED) is 0.375. The van der Waals surface area contributed by atoms with Crippen LogP contribution in [0.3, 0.4) is 0 Å². The molecule has 3 rings (SSSR count). The van der Waals surface area contributed by atoms with E-state index in [-0.39, 0.29) is 24.8 Å². The van der Waals surface area contributed by atoms with E-state index in [0.717, 1.165) is 36.8 Å². The van der Waals surface area contributed by atoms with Crippen LogP contribution in [0.25, 0.3) is 0 Å². The molecule has 1 aliphatic rings. The lowest BCUT2D eigenvalue weighted by molar-refractivity contribution is -0.147. The topological polar surface area (TPSA) is 71.1 Å². The molecule has 0 bridgehead atoms. The van der Waals surface area contributed by atoms with Gasteiger partial charge in [-0.1, -0.05) is 30.3 Å². The van der Waals surface area contributed by atoms with Crippen molar-refractivity contribution >= 4 is 11.9 Å². The number of benzene rings is 2. The second-order valence-electron chi connectivity index (χ2n) is 7.54. The van der Waals surface area contributed by atoms with E-state index >= 15 is 0 Å². The van der Waals surface area contributed by atoms with E-state index in [1.807, 2.05) is 30.3 Å². The molecule has 31 heavy (non-hydrogen) atoms. The first-order chi connectivity index (χ1) is 15.1. The second-order valence-corrected chi connectivity index (χ2v) is 7.54. The van der Waals surface area contributed by atoms with Crippen LogP contribution in [0, 0.1) is 0 Å². The van der Waals surface area contributed by atoms with Gasteiger partial charge in [0.2, 0.25) is 6.79 Å². The molecule has 166 valence electrons. The molecule has 2 aromatic carbocycles. The van der Waals surface area contributed by atoms with E-state index in [1.54, 1.807) is 6.92 Å². The Bertz CT molecular complexity index is 877. The SMILES string of the molecule is CCOC(=O)CCCCc1cc2c(cc1C(CCc1ccccc1)OC(C)=O)OCO2. The fourth-order valence-corrected chi connectivity index (χ4v) is 3.75. The standard InChI is InChI=1S/C25H30O6/c1-3-28-25(27)12-8-7-11-20-15-23-24(30-17-29-23)16-21(20)22(31-18(2)26)14-13-19-9-5-4-6-10-19/h4-6,9-10,15-16,22H,3,7-8,11-14,17H2,1-2H3. The van der Waals surface area contributed by atoms with Crippen LogP contribution in [0.15, 0.2) is 42.5 Å². The number of hydrogen-bond acceptors (Lipinski definition) is 6. The number of unbranched alkanes of at least 4 members (excludes halogenated alkanes) is 1. The van der Waals surface area contributed by atoms with Crippen LogP contribution in [0.5, 0.6) is 11.5 Å². The highest BCUT2D eigenvalue weighted by Gasteiger charge is 2.24. The number of carbonyl (C=O) groups excluding carboxylic acids is 2. The van der Waals surface area contributed by atoms with Crippen LogP contribution in [-0.2, 0) is 31.9 Å². The van der Waals surface area contributed by atoms with Gasteiger partial charge in [-0.25, -0.2) is 0 Å². The smallest absolute Gasteiger partial charge is 0.305 e. The number of rotatable bonds is 11. The van der Waals surface area contributed by atoms with Crippen molar-refractivity contribution in [3.8, 4) is 11.5 Å². The fourth-order valence-electron chi connectivity index (χ4n) is 3.75. The van der Waals surface area contributed by atoms with Crippen LogP contribution in [0.2, 0.25) is 0 Å². The summed E-state index contributed by atoms with van der Waals surface area (Å²) in [6, 6.07) is 14.0. The summed E-state index contributed by atoms with van der Waals surface area (Å²) in [5.74, 6) is 0.883. The van der Waals surface area contributed by atoms with Crippen LogP contribution in [0.4, 0.5) is 0 Å². The van der Waals surface area contributed by atoms with Crippen molar-refractivity contribution in [3.05, 3.63) is 59.2 Å². The summed E-state index contributed by atoms with van der Waals surface area (Å²) < 4.78 is 21.9. The van der Waals surface area contributed by atoms with Crippen molar-refractivity contribution in [2.45, 2.75) is 58.5 Å². The van der Waals surface area contributed by atoms with Gasteiger partial charge in [-0.2, -0.15) is 0 Å². The van der Waals surface area contributed by atoms with Gasteiger partial charge in [-0.3, -0.25) is 9.59 Å². The van der Waals surface area contributed by atoms with E-state index in [9.17, 15) is 9.59 Å². The first-order valence-electron chi connectivity index (χ1n) is 10.9. The molecule has 1 unspecified atom stereocenters. The number of esters is 2. The molecule has 0 radical (unpaired) electrons. The first kappa shape index (κ1) is 22.7. The third kappa shape index (κ3) is 6.74. The number of aryl methyl sites for hydroxylation is 2. The lowest BCUT2D eigenvalue weighted by Gasteiger charge is -2.21. The summed E-state index contributed by atoms with van der Waals surface area (Å²) in [6.45, 7) is 3.82. The van der Waals surface area contributed by atoms with Gasteiger partial charge in [0, 0.05) is 13.3 Å². The Morgan fingerprint density at radius 3 is 2.48 bits per heavy atom. The maximum Gasteiger partial charge on any atom is 0.305 e. The van der Waals surface area contributed by atoms with Gasteiger partial charge in [0.05, 0.1) is 6.61 Å². The third-order valence-corrected chi connectivity index (χ3v) is 5.21. The van der Waals surface area contributed by atoms with E-state index in [4.69, 9.17) is 18.9 Å². The lowest BCUT2D eigenvalue weighted by atomic mass is 9.93. The molecule has 2 aromatic rings. The Hall–Kier alpha value is -3.02. The highest BCUT2D eigenvalue weighted by Crippen LogP contribution is 2.39. The summed E-state index contributed by atoms with van der Waals surface area (Å²) in [5, 5.41) is 0. The summed E-state index contributed by atoms with van der Waals surface area (Å²) in [7, 11) is 0. The minimum Gasteiger partial charge on any atom is -0.466 e. The number of carbonyl (C=O) groups is 2. The average Bonchev–Trinajstić information content (AvgIpc) is 3.22. The Labute approximate surface area is 183 Å². The molecule has 0 saturated heterocycles. The van der Waals surface area contributed by atoms with Crippen LogP contribution in [-0.4, -0.2) is 25.3 Å². The molecule has 0 aromatic heterocycles. The lowest BCUT2D eigenvalue weighted by Crippen LogP contribution is -2.12. The summed E-state index contributed by atoms with van der Waals surface area (Å²) in [5.41, 5.74) is 3.18. The summed E-state index contributed by atoms with van der Waals surface area (Å²) in [6.07, 6.45) is 3.76. The molecule has 1 aliphatic heterocycles. The molecule has 6 heteroatoms. The van der Waals surface area contributed by atoms with Crippen LogP contribution < -0.4 is 9.47 Å². The van der Waals surface area contributed by atoms with Gasteiger partial charge < -0.3 is 18.9 Å². The number of fused-ring (bicyclic) bond motifs is 1. The summed E-state index contributed by atoms with van der Waals surface area (Å²) >= 11 is 0. The predicted molar refractivity (Wildman–Crippen MR) is 116 cm³/mol. The molecular weight excluding hydrogens is 396 g/mol. The van der Waals surface area contributed by atoms with Gasteiger partial charge in [-0.05, 0) is 67.9 Å².